The van der Waals surface area contributed by atoms with Crippen LogP contribution >= 0.6 is 24.0 Å². The predicted molar refractivity (Wildman–Crippen MR) is 122 cm³/mol. The van der Waals surface area contributed by atoms with Gasteiger partial charge >= 0.3 is 0 Å². The van der Waals surface area contributed by atoms with E-state index < -0.39 is 0 Å². The maximum absolute atomic E-state index is 4.36. The highest BCUT2D eigenvalue weighted by Gasteiger charge is 2.23. The van der Waals surface area contributed by atoms with Crippen molar-refractivity contribution in [1.29, 1.82) is 0 Å². The van der Waals surface area contributed by atoms with E-state index in [0.717, 1.165) is 25.6 Å². The molecular formula is C20H31IN6. The number of aromatic nitrogens is 2. The second-order valence-corrected chi connectivity index (χ2v) is 6.83. The Morgan fingerprint density at radius 2 is 1.93 bits per heavy atom. The van der Waals surface area contributed by atoms with Crippen LogP contribution in [0.1, 0.15) is 30.0 Å². The molecule has 1 unspecified atom stereocenters. The third kappa shape index (κ3) is 6.49. The quantitative estimate of drug-likeness (QED) is 0.362. The van der Waals surface area contributed by atoms with Gasteiger partial charge in [0.2, 0.25) is 0 Å². The lowest BCUT2D eigenvalue weighted by Crippen LogP contribution is -2.43. The van der Waals surface area contributed by atoms with Gasteiger partial charge < -0.3 is 10.6 Å². The first kappa shape index (κ1) is 21.7. The minimum atomic E-state index is 0. The Morgan fingerprint density at radius 3 is 2.56 bits per heavy atom. The van der Waals surface area contributed by atoms with Crippen LogP contribution in [-0.4, -0.2) is 53.9 Å². The summed E-state index contributed by atoms with van der Waals surface area (Å²) in [6, 6.07) is 11.2. The Labute approximate surface area is 179 Å². The Balaban J connectivity index is 0.00000261. The summed E-state index contributed by atoms with van der Waals surface area (Å²) >= 11 is 0. The maximum Gasteiger partial charge on any atom is 0.191 e. The van der Waals surface area contributed by atoms with Gasteiger partial charge in [0.1, 0.15) is 0 Å². The number of nitrogens with zero attached hydrogens (tertiary/aromatic N) is 4. The van der Waals surface area contributed by atoms with Crippen LogP contribution in [0.5, 0.6) is 0 Å². The van der Waals surface area contributed by atoms with Crippen LogP contribution < -0.4 is 10.6 Å². The monoisotopic (exact) mass is 482 g/mol. The molecule has 1 atom stereocenters. The van der Waals surface area contributed by atoms with Crippen molar-refractivity contribution in [3.05, 3.63) is 53.9 Å². The lowest BCUT2D eigenvalue weighted by molar-refractivity contribution is 0.245. The molecule has 7 heteroatoms. The molecule has 148 valence electrons. The molecule has 27 heavy (non-hydrogen) atoms. The zero-order valence-electron chi connectivity index (χ0n) is 16.3. The molecule has 6 nitrogen and oxygen atoms in total. The maximum atomic E-state index is 4.36. The van der Waals surface area contributed by atoms with Crippen LogP contribution in [0.15, 0.2) is 47.7 Å². The molecule has 2 N–H and O–H groups in total. The largest absolute Gasteiger partial charge is 0.355 e. The smallest absolute Gasteiger partial charge is 0.191 e. The standard InChI is InChI=1S/C20H30N6.HI/c1-17-14-24-26(16-17)13-10-22-20(21-2)23-15-19(25-11-6-7-12-25)18-8-4-3-5-9-18;/h3-5,8-9,14,16,19H,6-7,10-13,15H2,1-2H3,(H2,21,22,23);1H. The van der Waals surface area contributed by atoms with Crippen LogP contribution in [-0.2, 0) is 6.54 Å². The van der Waals surface area contributed by atoms with E-state index in [-0.39, 0.29) is 24.0 Å². The van der Waals surface area contributed by atoms with Crippen molar-refractivity contribution in [1.82, 2.24) is 25.3 Å². The molecule has 0 amide bonds. The Hall–Kier alpha value is -1.61. The zero-order valence-corrected chi connectivity index (χ0v) is 18.6. The Kier molecular flexibility index (Phi) is 9.06. The van der Waals surface area contributed by atoms with Crippen molar-refractivity contribution in [3.63, 3.8) is 0 Å². The molecule has 2 heterocycles. The van der Waals surface area contributed by atoms with Crippen LogP contribution in [0, 0.1) is 6.92 Å². The van der Waals surface area contributed by atoms with Crippen molar-refractivity contribution in [2.75, 3.05) is 33.2 Å². The molecule has 0 saturated carbocycles. The summed E-state index contributed by atoms with van der Waals surface area (Å²) in [6.07, 6.45) is 6.52. The highest BCUT2D eigenvalue weighted by Crippen LogP contribution is 2.24. The van der Waals surface area contributed by atoms with Crippen LogP contribution in [0.3, 0.4) is 0 Å². The Morgan fingerprint density at radius 1 is 1.19 bits per heavy atom. The van der Waals surface area contributed by atoms with Gasteiger partial charge in [0, 0.05) is 26.3 Å². The van der Waals surface area contributed by atoms with Gasteiger partial charge in [0.05, 0.1) is 18.8 Å². The number of hydrogen-bond donors (Lipinski definition) is 2. The molecule has 0 aliphatic carbocycles. The van der Waals surface area contributed by atoms with Crippen LogP contribution in [0.4, 0.5) is 0 Å². The SMILES string of the molecule is CN=C(NCCn1cc(C)cn1)NCC(c1ccccc1)N1CCCC1.I. The van der Waals surface area contributed by atoms with E-state index >= 15 is 0 Å². The summed E-state index contributed by atoms with van der Waals surface area (Å²) in [5.74, 6) is 0.842. The summed E-state index contributed by atoms with van der Waals surface area (Å²) in [6.45, 7) is 6.87. The van der Waals surface area contributed by atoms with Gasteiger partial charge in [-0.1, -0.05) is 30.3 Å². The lowest BCUT2D eigenvalue weighted by Gasteiger charge is -2.29. The van der Waals surface area contributed by atoms with Crippen molar-refractivity contribution >= 4 is 29.9 Å². The molecule has 1 aliphatic rings. The van der Waals surface area contributed by atoms with Gasteiger partial charge in [0.25, 0.3) is 0 Å². The van der Waals surface area contributed by atoms with Gasteiger partial charge in [-0.2, -0.15) is 5.10 Å². The number of guanidine groups is 1. The zero-order chi connectivity index (χ0) is 18.2. The van der Waals surface area contributed by atoms with E-state index in [2.05, 4.69) is 69.1 Å². The number of hydrogen-bond acceptors (Lipinski definition) is 3. The van der Waals surface area contributed by atoms with Crippen molar-refractivity contribution < 1.29 is 0 Å². The molecule has 1 aliphatic heterocycles. The minimum Gasteiger partial charge on any atom is -0.355 e. The van der Waals surface area contributed by atoms with Gasteiger partial charge in [-0.05, 0) is 44.0 Å². The van der Waals surface area contributed by atoms with Crippen molar-refractivity contribution in [2.45, 2.75) is 32.4 Å². The average Bonchev–Trinajstić information content (AvgIpc) is 3.33. The third-order valence-electron chi connectivity index (χ3n) is 4.85. The topological polar surface area (TPSA) is 57.5 Å². The van der Waals surface area contributed by atoms with Crippen LogP contribution in [0.25, 0.3) is 0 Å². The normalized spacial score (nSPS) is 16.0. The van der Waals surface area contributed by atoms with E-state index in [0.29, 0.717) is 6.04 Å². The van der Waals surface area contributed by atoms with E-state index in [1.165, 1.54) is 37.1 Å². The van der Waals surface area contributed by atoms with Crippen molar-refractivity contribution in [3.8, 4) is 0 Å². The number of aliphatic imine (C=N–C) groups is 1. The minimum absolute atomic E-state index is 0. The summed E-state index contributed by atoms with van der Waals surface area (Å²) in [5, 5.41) is 11.2. The summed E-state index contributed by atoms with van der Waals surface area (Å²) < 4.78 is 1.95. The summed E-state index contributed by atoms with van der Waals surface area (Å²) in [7, 11) is 1.82. The van der Waals surface area contributed by atoms with E-state index in [1.54, 1.807) is 0 Å². The molecule has 2 aromatic rings. The second kappa shape index (κ2) is 11.3. The van der Waals surface area contributed by atoms with Gasteiger partial charge in [0.15, 0.2) is 5.96 Å². The number of aryl methyl sites for hydroxylation is 1. The fourth-order valence-electron chi connectivity index (χ4n) is 3.48. The molecule has 0 bridgehead atoms. The fraction of sp³-hybridized carbons (Fsp3) is 0.500. The van der Waals surface area contributed by atoms with Crippen LogP contribution in [0.2, 0.25) is 0 Å². The lowest BCUT2D eigenvalue weighted by atomic mass is 10.1. The predicted octanol–water partition coefficient (Wildman–Crippen LogP) is 2.81. The molecule has 0 radical (unpaired) electrons. The molecule has 1 aromatic carbocycles. The first-order chi connectivity index (χ1) is 12.8. The highest BCUT2D eigenvalue weighted by molar-refractivity contribution is 14.0. The van der Waals surface area contributed by atoms with Gasteiger partial charge in [-0.25, -0.2) is 0 Å². The molecule has 0 spiro atoms. The number of nitrogens with one attached hydrogen (secondary N) is 2. The third-order valence-corrected chi connectivity index (χ3v) is 4.85. The van der Waals surface area contributed by atoms with E-state index in [1.807, 2.05) is 17.9 Å². The number of benzene rings is 1. The summed E-state index contributed by atoms with van der Waals surface area (Å²) in [5.41, 5.74) is 2.55. The van der Waals surface area contributed by atoms with E-state index in [4.69, 9.17) is 0 Å². The molecular weight excluding hydrogens is 451 g/mol. The fourth-order valence-corrected chi connectivity index (χ4v) is 3.48. The van der Waals surface area contributed by atoms with Crippen molar-refractivity contribution in [2.24, 2.45) is 4.99 Å². The number of halogens is 1. The number of likely N-dealkylation sites (tertiary alicyclic amines) is 1. The first-order valence-electron chi connectivity index (χ1n) is 9.49. The molecule has 1 aromatic heterocycles. The summed E-state index contributed by atoms with van der Waals surface area (Å²) in [4.78, 5) is 6.93. The van der Waals surface area contributed by atoms with E-state index in [9.17, 15) is 0 Å². The van der Waals surface area contributed by atoms with Gasteiger partial charge in [-0.15, -0.1) is 24.0 Å². The highest BCUT2D eigenvalue weighted by atomic mass is 127. The number of rotatable bonds is 7. The first-order valence-corrected chi connectivity index (χ1v) is 9.49. The average molecular weight is 482 g/mol. The molecule has 1 saturated heterocycles. The Bertz CT molecular complexity index is 694. The second-order valence-electron chi connectivity index (χ2n) is 6.83. The molecule has 1 fully saturated rings. The van der Waals surface area contributed by atoms with Gasteiger partial charge in [-0.3, -0.25) is 14.6 Å². The molecule has 3 rings (SSSR count).